The van der Waals surface area contributed by atoms with E-state index < -0.39 is 35.8 Å². The number of aliphatic hydroxyl groups excluding tert-OH is 1. The van der Waals surface area contributed by atoms with Crippen molar-refractivity contribution < 1.29 is 23.5 Å². The van der Waals surface area contributed by atoms with Crippen LogP contribution in [0.5, 0.6) is 0 Å². The first kappa shape index (κ1) is 25.1. The van der Waals surface area contributed by atoms with Crippen LogP contribution in [0, 0.1) is 5.82 Å². The van der Waals surface area contributed by atoms with Crippen LogP contribution in [0.3, 0.4) is 0 Å². The molecule has 1 aliphatic heterocycles. The minimum atomic E-state index is -1.42. The van der Waals surface area contributed by atoms with E-state index in [4.69, 9.17) is 16.7 Å². The number of hydrogen-bond donors (Lipinski definition) is 3. The van der Waals surface area contributed by atoms with Crippen molar-refractivity contribution in [2.24, 2.45) is 0 Å². The molecule has 9 heteroatoms. The Hall–Kier alpha value is -2.55. The van der Waals surface area contributed by atoms with Crippen LogP contribution in [0.2, 0.25) is 5.02 Å². The molecule has 33 heavy (non-hydrogen) atoms. The molecule has 178 valence electrons. The predicted octanol–water partition coefficient (Wildman–Crippen LogP) is 3.48. The lowest BCUT2D eigenvalue weighted by atomic mass is 9.69. The highest BCUT2D eigenvalue weighted by atomic mass is 35.5. The number of anilines is 1. The van der Waals surface area contributed by atoms with E-state index in [1.807, 2.05) is 38.1 Å². The van der Waals surface area contributed by atoms with E-state index in [1.165, 1.54) is 13.1 Å². The van der Waals surface area contributed by atoms with Gasteiger partial charge < -0.3 is 15.7 Å². The maximum Gasteiger partial charge on any atom is 0.253 e. The van der Waals surface area contributed by atoms with Gasteiger partial charge >= 0.3 is 0 Å². The van der Waals surface area contributed by atoms with Crippen LogP contribution in [-0.2, 0) is 10.2 Å². The number of alkyl halides is 1. The lowest BCUT2D eigenvalue weighted by Gasteiger charge is -2.50. The standard InChI is InChI=1S/C24H28ClF2N3O3/c1-14(2)16-6-4-5-7-18(16)24(12-30(13-24)10-15(26)11-31)23(33)29-21-9-20(27)19(25)8-17(21)22(32)28-3/h4-9,14-15,31H,10-13H2,1-3H3,(H,28,32)(H,29,33). The Morgan fingerprint density at radius 1 is 1.24 bits per heavy atom. The molecule has 0 saturated carbocycles. The number of likely N-dealkylation sites (tertiary alicyclic amines) is 1. The van der Waals surface area contributed by atoms with E-state index in [0.29, 0.717) is 0 Å². The predicted molar refractivity (Wildman–Crippen MR) is 124 cm³/mol. The van der Waals surface area contributed by atoms with Crippen LogP contribution in [0.15, 0.2) is 36.4 Å². The molecule has 1 aliphatic rings. The maximum atomic E-state index is 14.2. The summed E-state index contributed by atoms with van der Waals surface area (Å²) in [5.41, 5.74) is 0.764. The van der Waals surface area contributed by atoms with Gasteiger partial charge in [0, 0.05) is 26.7 Å². The minimum absolute atomic E-state index is 0.000158. The third-order valence-electron chi connectivity index (χ3n) is 5.95. The third-order valence-corrected chi connectivity index (χ3v) is 6.24. The normalized spacial score (nSPS) is 16.2. The van der Waals surface area contributed by atoms with Crippen LogP contribution < -0.4 is 10.6 Å². The van der Waals surface area contributed by atoms with Crippen LogP contribution in [-0.4, -0.2) is 61.3 Å². The number of benzene rings is 2. The largest absolute Gasteiger partial charge is 0.393 e. The molecule has 1 unspecified atom stereocenters. The molecule has 1 fully saturated rings. The molecule has 0 spiro atoms. The van der Waals surface area contributed by atoms with Crippen molar-refractivity contribution >= 4 is 29.1 Å². The maximum absolute atomic E-state index is 14.2. The summed E-state index contributed by atoms with van der Waals surface area (Å²) in [4.78, 5) is 27.7. The molecule has 1 saturated heterocycles. The summed E-state index contributed by atoms with van der Waals surface area (Å²) < 4.78 is 28.0. The first-order chi connectivity index (χ1) is 15.6. The highest BCUT2D eigenvalue weighted by molar-refractivity contribution is 6.31. The van der Waals surface area contributed by atoms with Gasteiger partial charge in [0.2, 0.25) is 5.91 Å². The van der Waals surface area contributed by atoms with E-state index in [9.17, 15) is 18.4 Å². The molecule has 0 bridgehead atoms. The van der Waals surface area contributed by atoms with Gasteiger partial charge in [0.1, 0.15) is 12.0 Å². The van der Waals surface area contributed by atoms with Gasteiger partial charge in [-0.3, -0.25) is 14.5 Å². The number of amides is 2. The van der Waals surface area contributed by atoms with Crippen LogP contribution in [0.4, 0.5) is 14.5 Å². The third kappa shape index (κ3) is 5.03. The smallest absolute Gasteiger partial charge is 0.253 e. The lowest BCUT2D eigenvalue weighted by molar-refractivity contribution is -0.128. The summed E-state index contributed by atoms with van der Waals surface area (Å²) in [6.45, 7) is 3.86. The zero-order valence-corrected chi connectivity index (χ0v) is 19.5. The molecule has 3 rings (SSSR count). The summed E-state index contributed by atoms with van der Waals surface area (Å²) in [5.74, 6) is -1.60. The fourth-order valence-corrected chi connectivity index (χ4v) is 4.44. The van der Waals surface area contributed by atoms with Gasteiger partial charge in [0.15, 0.2) is 0 Å². The molecular formula is C24H28ClF2N3O3. The van der Waals surface area contributed by atoms with Crippen molar-refractivity contribution in [2.45, 2.75) is 31.4 Å². The van der Waals surface area contributed by atoms with Crippen molar-refractivity contribution in [1.29, 1.82) is 0 Å². The van der Waals surface area contributed by atoms with Crippen molar-refractivity contribution in [3.8, 4) is 0 Å². The monoisotopic (exact) mass is 479 g/mol. The van der Waals surface area contributed by atoms with Crippen molar-refractivity contribution in [3.63, 3.8) is 0 Å². The zero-order chi connectivity index (χ0) is 24.3. The number of rotatable bonds is 8. The Morgan fingerprint density at radius 2 is 1.91 bits per heavy atom. The zero-order valence-electron chi connectivity index (χ0n) is 18.8. The fourth-order valence-electron chi connectivity index (χ4n) is 4.27. The second-order valence-corrected chi connectivity index (χ2v) is 9.03. The number of hydrogen-bond acceptors (Lipinski definition) is 4. The Labute approximate surface area is 196 Å². The molecule has 0 radical (unpaired) electrons. The Balaban J connectivity index is 2.01. The van der Waals surface area contributed by atoms with Crippen molar-refractivity contribution in [2.75, 3.05) is 38.6 Å². The van der Waals surface area contributed by atoms with Gasteiger partial charge in [-0.1, -0.05) is 49.7 Å². The Kier molecular flexibility index (Phi) is 7.72. The van der Waals surface area contributed by atoms with Crippen LogP contribution >= 0.6 is 11.6 Å². The lowest BCUT2D eigenvalue weighted by Crippen LogP contribution is -2.66. The quantitative estimate of drug-likeness (QED) is 0.541. The molecule has 2 aromatic carbocycles. The van der Waals surface area contributed by atoms with E-state index in [2.05, 4.69) is 10.6 Å². The summed E-state index contributed by atoms with van der Waals surface area (Å²) in [6.07, 6.45) is -1.42. The molecule has 1 atom stereocenters. The van der Waals surface area contributed by atoms with Crippen molar-refractivity contribution in [3.05, 3.63) is 63.9 Å². The van der Waals surface area contributed by atoms with Crippen molar-refractivity contribution in [1.82, 2.24) is 10.2 Å². The SMILES string of the molecule is CNC(=O)c1cc(Cl)c(F)cc1NC(=O)C1(c2ccccc2C(C)C)CN(CC(F)CO)C1. The first-order valence-corrected chi connectivity index (χ1v) is 11.1. The molecule has 2 aromatic rings. The number of nitrogens with one attached hydrogen (secondary N) is 2. The summed E-state index contributed by atoms with van der Waals surface area (Å²) in [5, 5.41) is 14.0. The van der Waals surface area contributed by atoms with Gasteiger partial charge in [-0.2, -0.15) is 0 Å². The average molecular weight is 480 g/mol. The molecule has 1 heterocycles. The van der Waals surface area contributed by atoms with Gasteiger partial charge in [0.05, 0.1) is 28.3 Å². The summed E-state index contributed by atoms with van der Waals surface area (Å²) >= 11 is 5.85. The highest BCUT2D eigenvalue weighted by Gasteiger charge is 2.52. The van der Waals surface area contributed by atoms with E-state index in [0.717, 1.165) is 17.2 Å². The van der Waals surface area contributed by atoms with Gasteiger partial charge in [-0.25, -0.2) is 8.78 Å². The topological polar surface area (TPSA) is 81.7 Å². The van der Waals surface area contributed by atoms with E-state index >= 15 is 0 Å². The number of carbonyl (C=O) groups is 2. The van der Waals surface area contributed by atoms with Gasteiger partial charge in [0.25, 0.3) is 5.91 Å². The number of carbonyl (C=O) groups excluding carboxylic acids is 2. The number of aliphatic hydroxyl groups is 1. The summed E-state index contributed by atoms with van der Waals surface area (Å²) in [7, 11) is 1.42. The van der Waals surface area contributed by atoms with E-state index in [1.54, 1.807) is 4.90 Å². The fraction of sp³-hybridized carbons (Fsp3) is 0.417. The number of halogens is 3. The van der Waals surface area contributed by atoms with Gasteiger partial charge in [-0.05, 0) is 29.2 Å². The molecule has 6 nitrogen and oxygen atoms in total. The molecule has 0 aliphatic carbocycles. The second-order valence-electron chi connectivity index (χ2n) is 8.62. The molecule has 0 aromatic heterocycles. The summed E-state index contributed by atoms with van der Waals surface area (Å²) in [6, 6.07) is 9.73. The number of nitrogens with zero attached hydrogens (tertiary/aromatic N) is 1. The Bertz CT molecular complexity index is 1040. The molecule has 3 N–H and O–H groups in total. The van der Waals surface area contributed by atoms with E-state index in [-0.39, 0.29) is 41.8 Å². The molecule has 2 amide bonds. The second kappa shape index (κ2) is 10.2. The molecular weight excluding hydrogens is 452 g/mol. The van der Waals surface area contributed by atoms with Gasteiger partial charge in [-0.15, -0.1) is 0 Å². The minimum Gasteiger partial charge on any atom is -0.393 e. The average Bonchev–Trinajstić information content (AvgIpc) is 2.77. The first-order valence-electron chi connectivity index (χ1n) is 10.7. The van der Waals surface area contributed by atoms with Crippen LogP contribution in [0.1, 0.15) is 41.3 Å². The Morgan fingerprint density at radius 3 is 2.52 bits per heavy atom. The van der Waals surface area contributed by atoms with Crippen LogP contribution in [0.25, 0.3) is 0 Å². The highest BCUT2D eigenvalue weighted by Crippen LogP contribution is 2.40.